The van der Waals surface area contributed by atoms with Crippen LogP contribution in [-0.4, -0.2) is 42.3 Å². The van der Waals surface area contributed by atoms with Gasteiger partial charge in [-0.2, -0.15) is 0 Å². The van der Waals surface area contributed by atoms with E-state index in [1.807, 2.05) is 0 Å². The Bertz CT molecular complexity index is 542. The molecule has 0 amide bonds. The van der Waals surface area contributed by atoms with Crippen molar-refractivity contribution in [2.45, 2.75) is 18.8 Å². The molecule has 0 saturated carbocycles. The van der Waals surface area contributed by atoms with E-state index in [1.54, 1.807) is 18.2 Å². The van der Waals surface area contributed by atoms with E-state index in [0.717, 1.165) is 0 Å². The Morgan fingerprint density at radius 3 is 2.67 bits per heavy atom. The summed E-state index contributed by atoms with van der Waals surface area (Å²) in [6, 6.07) is 5.14. The van der Waals surface area contributed by atoms with Gasteiger partial charge in [0.05, 0.1) is 22.6 Å². The third-order valence-corrected chi connectivity index (χ3v) is 5.07. The molecule has 1 fully saturated rings. The van der Waals surface area contributed by atoms with Gasteiger partial charge in [-0.05, 0) is 22.0 Å². The van der Waals surface area contributed by atoms with Crippen LogP contribution in [0.25, 0.3) is 0 Å². The molecule has 2 N–H and O–H groups in total. The molecule has 18 heavy (non-hydrogen) atoms. The first-order valence-corrected chi connectivity index (χ1v) is 7.98. The summed E-state index contributed by atoms with van der Waals surface area (Å²) in [5, 5.41) is 18.9. The summed E-state index contributed by atoms with van der Waals surface area (Å²) in [4.78, 5) is 0. The molecule has 0 radical (unpaired) electrons. The summed E-state index contributed by atoms with van der Waals surface area (Å²) in [5.74, 6) is -0.113. The third kappa shape index (κ3) is 2.85. The van der Waals surface area contributed by atoms with Crippen molar-refractivity contribution < 1.29 is 23.4 Å². The standard InChI is InChI=1S/C11H13BrO5S/c12-8-3-1-2-7(4-13)11(8)17-10-6-18(15,16)5-9(10)14/h1-3,9-10,13-14H,4-6H2. The van der Waals surface area contributed by atoms with Gasteiger partial charge in [-0.15, -0.1) is 0 Å². The van der Waals surface area contributed by atoms with E-state index < -0.39 is 22.0 Å². The minimum Gasteiger partial charge on any atom is -0.485 e. The van der Waals surface area contributed by atoms with Crippen LogP contribution >= 0.6 is 15.9 Å². The highest BCUT2D eigenvalue weighted by Gasteiger charge is 2.38. The molecular weight excluding hydrogens is 324 g/mol. The van der Waals surface area contributed by atoms with Crippen LogP contribution in [0.15, 0.2) is 22.7 Å². The molecule has 0 bridgehead atoms. The second-order valence-corrected chi connectivity index (χ2v) is 7.19. The second kappa shape index (κ2) is 5.16. The van der Waals surface area contributed by atoms with Gasteiger partial charge in [0.2, 0.25) is 0 Å². The first-order valence-electron chi connectivity index (χ1n) is 5.36. The molecule has 0 spiro atoms. The van der Waals surface area contributed by atoms with Crippen LogP contribution in [0.5, 0.6) is 5.75 Å². The number of ether oxygens (including phenoxy) is 1. The Kier molecular flexibility index (Phi) is 3.96. The van der Waals surface area contributed by atoms with E-state index in [-0.39, 0.29) is 18.1 Å². The third-order valence-electron chi connectivity index (χ3n) is 2.76. The Morgan fingerprint density at radius 2 is 2.11 bits per heavy atom. The number of para-hydroxylation sites is 1. The summed E-state index contributed by atoms with van der Waals surface area (Å²) in [6.07, 6.45) is -1.83. The SMILES string of the molecule is O=S1(=O)CC(O)C(Oc2c(Br)cccc2CO)C1. The Morgan fingerprint density at radius 1 is 1.39 bits per heavy atom. The average molecular weight is 337 g/mol. The largest absolute Gasteiger partial charge is 0.485 e. The maximum absolute atomic E-state index is 11.4. The molecule has 1 heterocycles. The van der Waals surface area contributed by atoms with Crippen LogP contribution in [0.2, 0.25) is 0 Å². The molecule has 100 valence electrons. The maximum atomic E-state index is 11.4. The van der Waals surface area contributed by atoms with Crippen molar-refractivity contribution in [1.29, 1.82) is 0 Å². The van der Waals surface area contributed by atoms with E-state index in [2.05, 4.69) is 15.9 Å². The molecule has 1 aromatic rings. The van der Waals surface area contributed by atoms with Crippen LogP contribution < -0.4 is 4.74 Å². The minimum absolute atomic E-state index is 0.208. The summed E-state index contributed by atoms with van der Waals surface area (Å²) >= 11 is 3.28. The first kappa shape index (κ1) is 13.8. The lowest BCUT2D eigenvalue weighted by molar-refractivity contribution is 0.0716. The van der Waals surface area contributed by atoms with Crippen LogP contribution in [0, 0.1) is 0 Å². The molecule has 1 saturated heterocycles. The molecule has 0 aliphatic carbocycles. The molecular formula is C11H13BrO5S. The molecule has 1 aliphatic rings. The van der Waals surface area contributed by atoms with E-state index in [0.29, 0.717) is 15.8 Å². The lowest BCUT2D eigenvalue weighted by Gasteiger charge is -2.18. The van der Waals surface area contributed by atoms with Gasteiger partial charge in [-0.1, -0.05) is 12.1 Å². The zero-order valence-corrected chi connectivity index (χ0v) is 11.8. The van der Waals surface area contributed by atoms with E-state index in [1.165, 1.54) is 0 Å². The van der Waals surface area contributed by atoms with Gasteiger partial charge in [-0.3, -0.25) is 0 Å². The fourth-order valence-electron chi connectivity index (χ4n) is 1.87. The molecule has 2 atom stereocenters. The fourth-order valence-corrected chi connectivity index (χ4v) is 4.03. The number of hydrogen-bond donors (Lipinski definition) is 2. The lowest BCUT2D eigenvalue weighted by atomic mass is 10.2. The van der Waals surface area contributed by atoms with Crippen LogP contribution in [0.1, 0.15) is 5.56 Å². The van der Waals surface area contributed by atoms with Crippen LogP contribution in [0.3, 0.4) is 0 Å². The maximum Gasteiger partial charge on any atom is 0.156 e. The number of sulfone groups is 1. The summed E-state index contributed by atoms with van der Waals surface area (Å²) in [5.41, 5.74) is 0.542. The van der Waals surface area contributed by atoms with Crippen molar-refractivity contribution in [3.8, 4) is 5.75 Å². The van der Waals surface area contributed by atoms with Gasteiger partial charge >= 0.3 is 0 Å². The van der Waals surface area contributed by atoms with E-state index in [9.17, 15) is 18.6 Å². The zero-order valence-electron chi connectivity index (χ0n) is 9.41. The summed E-state index contributed by atoms with van der Waals surface area (Å²) < 4.78 is 28.9. The number of aliphatic hydroxyl groups excluding tert-OH is 2. The number of rotatable bonds is 3. The van der Waals surface area contributed by atoms with Gasteiger partial charge in [-0.25, -0.2) is 8.42 Å². The highest BCUT2D eigenvalue weighted by atomic mass is 79.9. The fraction of sp³-hybridized carbons (Fsp3) is 0.455. The molecule has 1 aliphatic heterocycles. The quantitative estimate of drug-likeness (QED) is 0.838. The van der Waals surface area contributed by atoms with Gasteiger partial charge in [0.25, 0.3) is 0 Å². The number of hydrogen-bond acceptors (Lipinski definition) is 5. The van der Waals surface area contributed by atoms with E-state index >= 15 is 0 Å². The number of aliphatic hydroxyl groups is 2. The first-order chi connectivity index (χ1) is 8.43. The highest BCUT2D eigenvalue weighted by Crippen LogP contribution is 2.31. The van der Waals surface area contributed by atoms with Gasteiger partial charge in [0, 0.05) is 5.56 Å². The Hall–Kier alpha value is -0.630. The molecule has 2 rings (SSSR count). The monoisotopic (exact) mass is 336 g/mol. The van der Waals surface area contributed by atoms with Gasteiger partial charge < -0.3 is 14.9 Å². The molecule has 7 heteroatoms. The van der Waals surface area contributed by atoms with E-state index in [4.69, 9.17) is 4.74 Å². The smallest absolute Gasteiger partial charge is 0.156 e. The van der Waals surface area contributed by atoms with Gasteiger partial charge in [0.1, 0.15) is 18.0 Å². The number of halogens is 1. The summed E-state index contributed by atoms with van der Waals surface area (Å²) in [6.45, 7) is -0.218. The number of benzene rings is 1. The second-order valence-electron chi connectivity index (χ2n) is 4.19. The minimum atomic E-state index is -3.25. The van der Waals surface area contributed by atoms with Crippen molar-refractivity contribution in [2.75, 3.05) is 11.5 Å². The van der Waals surface area contributed by atoms with Crippen LogP contribution in [0.4, 0.5) is 0 Å². The highest BCUT2D eigenvalue weighted by molar-refractivity contribution is 9.10. The van der Waals surface area contributed by atoms with Crippen molar-refractivity contribution in [3.05, 3.63) is 28.2 Å². The zero-order chi connectivity index (χ0) is 13.3. The molecule has 0 aromatic heterocycles. The van der Waals surface area contributed by atoms with Crippen LogP contribution in [-0.2, 0) is 16.4 Å². The summed E-state index contributed by atoms with van der Waals surface area (Å²) in [7, 11) is -3.25. The molecule has 1 aromatic carbocycles. The normalized spacial score (nSPS) is 26.2. The molecule has 2 unspecified atom stereocenters. The Labute approximate surface area is 113 Å². The molecule has 5 nitrogen and oxygen atoms in total. The van der Waals surface area contributed by atoms with Crippen molar-refractivity contribution in [3.63, 3.8) is 0 Å². The predicted octanol–water partition coefficient (Wildman–Crippen LogP) is 0.478. The topological polar surface area (TPSA) is 83.8 Å². The van der Waals surface area contributed by atoms with Gasteiger partial charge in [0.15, 0.2) is 9.84 Å². The predicted molar refractivity (Wildman–Crippen MR) is 69.1 cm³/mol. The van der Waals surface area contributed by atoms with Crippen molar-refractivity contribution in [2.24, 2.45) is 0 Å². The van der Waals surface area contributed by atoms with Crippen molar-refractivity contribution >= 4 is 25.8 Å². The Balaban J connectivity index is 2.25. The lowest BCUT2D eigenvalue weighted by Crippen LogP contribution is -2.30. The average Bonchev–Trinajstić information content (AvgIpc) is 2.54. The van der Waals surface area contributed by atoms with Crippen molar-refractivity contribution in [1.82, 2.24) is 0 Å².